The third kappa shape index (κ3) is 2.62. The molecule has 1 amide bonds. The van der Waals surface area contributed by atoms with Gasteiger partial charge in [-0.2, -0.15) is 0 Å². The number of phenols is 1. The fourth-order valence-corrected chi connectivity index (χ4v) is 2.45. The van der Waals surface area contributed by atoms with E-state index in [0.717, 1.165) is 12.8 Å². The first-order valence-corrected chi connectivity index (χ1v) is 6.97. The minimum absolute atomic E-state index is 0.0194. The first-order valence-electron chi connectivity index (χ1n) is 6.22. The largest absolute Gasteiger partial charge is 0.506 e. The van der Waals surface area contributed by atoms with Crippen LogP contribution in [0.2, 0.25) is 10.0 Å². The number of halogens is 2. The molecule has 104 valence electrons. The highest BCUT2D eigenvalue weighted by atomic mass is 35.5. The smallest absolute Gasteiger partial charge is 0.272 e. The van der Waals surface area contributed by atoms with Crippen LogP contribution in [0.3, 0.4) is 0 Å². The van der Waals surface area contributed by atoms with Crippen LogP contribution in [0.25, 0.3) is 0 Å². The summed E-state index contributed by atoms with van der Waals surface area (Å²) < 4.78 is 1.90. The standard InChI is InChI=1S/C14H12Cl2N2O2/c15-8-5-12(18(7-8)10-2-3-10)14(20)17-9-1-4-13(19)11(16)6-9/h1,4-7,10,19H,2-3H2,(H,17,20). The normalized spacial score (nSPS) is 14.3. The van der Waals surface area contributed by atoms with Gasteiger partial charge in [0.2, 0.25) is 0 Å². The van der Waals surface area contributed by atoms with E-state index in [4.69, 9.17) is 23.2 Å². The molecule has 1 aliphatic rings. The van der Waals surface area contributed by atoms with Crippen molar-refractivity contribution in [1.82, 2.24) is 4.57 Å². The summed E-state index contributed by atoms with van der Waals surface area (Å²) in [7, 11) is 0. The van der Waals surface area contributed by atoms with Gasteiger partial charge in [0.15, 0.2) is 0 Å². The molecule has 0 unspecified atom stereocenters. The van der Waals surface area contributed by atoms with E-state index in [2.05, 4.69) is 5.32 Å². The summed E-state index contributed by atoms with van der Waals surface area (Å²) in [4.78, 5) is 12.3. The van der Waals surface area contributed by atoms with Gasteiger partial charge in [-0.25, -0.2) is 0 Å². The van der Waals surface area contributed by atoms with Gasteiger partial charge in [-0.3, -0.25) is 4.79 Å². The van der Waals surface area contributed by atoms with Gasteiger partial charge in [0.25, 0.3) is 5.91 Å². The summed E-state index contributed by atoms with van der Waals surface area (Å²) >= 11 is 11.8. The van der Waals surface area contributed by atoms with Crippen molar-refractivity contribution in [2.24, 2.45) is 0 Å². The molecule has 0 radical (unpaired) electrons. The number of anilines is 1. The van der Waals surface area contributed by atoms with E-state index < -0.39 is 0 Å². The Balaban J connectivity index is 1.84. The molecule has 0 bridgehead atoms. The minimum Gasteiger partial charge on any atom is -0.506 e. The number of nitrogens with zero attached hydrogens (tertiary/aromatic N) is 1. The van der Waals surface area contributed by atoms with Gasteiger partial charge >= 0.3 is 0 Å². The van der Waals surface area contributed by atoms with E-state index in [0.29, 0.717) is 22.4 Å². The zero-order chi connectivity index (χ0) is 14.3. The van der Waals surface area contributed by atoms with E-state index in [9.17, 15) is 9.90 Å². The van der Waals surface area contributed by atoms with Crippen LogP contribution in [0.1, 0.15) is 29.4 Å². The molecular weight excluding hydrogens is 299 g/mol. The van der Waals surface area contributed by atoms with Gasteiger partial charge in [-0.15, -0.1) is 0 Å². The molecule has 2 N–H and O–H groups in total. The molecule has 1 saturated carbocycles. The van der Waals surface area contributed by atoms with Crippen LogP contribution in [0.4, 0.5) is 5.69 Å². The Bertz CT molecular complexity index is 678. The van der Waals surface area contributed by atoms with Crippen LogP contribution in [0.15, 0.2) is 30.5 Å². The van der Waals surface area contributed by atoms with Gasteiger partial charge in [0.1, 0.15) is 11.4 Å². The van der Waals surface area contributed by atoms with Crippen LogP contribution in [0.5, 0.6) is 5.75 Å². The van der Waals surface area contributed by atoms with Gasteiger partial charge in [-0.1, -0.05) is 23.2 Å². The number of aromatic nitrogens is 1. The lowest BCUT2D eigenvalue weighted by atomic mass is 10.3. The Labute approximate surface area is 125 Å². The molecule has 3 rings (SSSR count). The number of benzene rings is 1. The Morgan fingerprint density at radius 2 is 2.05 bits per heavy atom. The van der Waals surface area contributed by atoms with Crippen LogP contribution in [-0.4, -0.2) is 15.6 Å². The van der Waals surface area contributed by atoms with E-state index >= 15 is 0 Å². The Kier molecular flexibility index (Phi) is 3.36. The molecule has 0 atom stereocenters. The maximum absolute atomic E-state index is 12.3. The van der Waals surface area contributed by atoms with E-state index in [1.165, 1.54) is 12.1 Å². The number of phenolic OH excluding ortho intramolecular Hbond substituents is 1. The van der Waals surface area contributed by atoms with Crippen molar-refractivity contribution in [1.29, 1.82) is 0 Å². The highest BCUT2D eigenvalue weighted by Crippen LogP contribution is 2.37. The molecule has 1 heterocycles. The van der Waals surface area contributed by atoms with Crippen molar-refractivity contribution in [3.8, 4) is 5.75 Å². The number of hydrogen-bond acceptors (Lipinski definition) is 2. The first-order chi connectivity index (χ1) is 9.54. The minimum atomic E-state index is -0.245. The molecule has 1 aromatic carbocycles. The van der Waals surface area contributed by atoms with Gasteiger partial charge in [-0.05, 0) is 37.1 Å². The summed E-state index contributed by atoms with van der Waals surface area (Å²) in [5.74, 6) is -0.264. The monoisotopic (exact) mass is 310 g/mol. The molecule has 0 aliphatic heterocycles. The molecule has 6 heteroatoms. The summed E-state index contributed by atoms with van der Waals surface area (Å²) in [5.41, 5.74) is 1.05. The quantitative estimate of drug-likeness (QED) is 0.839. The number of nitrogens with one attached hydrogen (secondary N) is 1. The second-order valence-electron chi connectivity index (χ2n) is 4.80. The van der Waals surface area contributed by atoms with Crippen molar-refractivity contribution >= 4 is 34.8 Å². The van der Waals surface area contributed by atoms with Crippen molar-refractivity contribution < 1.29 is 9.90 Å². The maximum Gasteiger partial charge on any atom is 0.272 e. The third-order valence-corrected chi connectivity index (χ3v) is 3.70. The Hall–Kier alpha value is -1.65. The highest BCUT2D eigenvalue weighted by Gasteiger charge is 2.27. The van der Waals surface area contributed by atoms with E-state index in [1.807, 2.05) is 4.57 Å². The molecule has 1 aromatic heterocycles. The lowest BCUT2D eigenvalue weighted by Gasteiger charge is -2.09. The number of amides is 1. The number of carbonyl (C=O) groups is 1. The molecule has 0 saturated heterocycles. The van der Waals surface area contributed by atoms with Crippen molar-refractivity contribution in [2.45, 2.75) is 18.9 Å². The maximum atomic E-state index is 12.3. The third-order valence-electron chi connectivity index (χ3n) is 3.19. The summed E-state index contributed by atoms with van der Waals surface area (Å²) in [6.07, 6.45) is 3.91. The lowest BCUT2D eigenvalue weighted by molar-refractivity contribution is 0.101. The average Bonchev–Trinajstić information content (AvgIpc) is 3.17. The second-order valence-corrected chi connectivity index (χ2v) is 5.65. The molecule has 1 aliphatic carbocycles. The van der Waals surface area contributed by atoms with Crippen LogP contribution in [-0.2, 0) is 0 Å². The highest BCUT2D eigenvalue weighted by molar-refractivity contribution is 6.32. The van der Waals surface area contributed by atoms with Gasteiger partial charge in [0.05, 0.1) is 10.0 Å². The van der Waals surface area contributed by atoms with Crippen LogP contribution >= 0.6 is 23.2 Å². The summed E-state index contributed by atoms with van der Waals surface area (Å²) in [5, 5.41) is 12.8. The fourth-order valence-electron chi connectivity index (χ4n) is 2.06. The van der Waals surface area contributed by atoms with E-state index in [1.54, 1.807) is 18.3 Å². The second kappa shape index (κ2) is 5.04. The predicted octanol–water partition coefficient (Wildman–Crippen LogP) is 4.09. The van der Waals surface area contributed by atoms with Crippen LogP contribution < -0.4 is 5.32 Å². The average molecular weight is 311 g/mol. The Morgan fingerprint density at radius 1 is 1.30 bits per heavy atom. The van der Waals surface area contributed by atoms with Gasteiger partial charge in [0, 0.05) is 17.9 Å². The fraction of sp³-hybridized carbons (Fsp3) is 0.214. The number of aromatic hydroxyl groups is 1. The van der Waals surface area contributed by atoms with Gasteiger partial charge < -0.3 is 15.0 Å². The molecule has 0 spiro atoms. The SMILES string of the molecule is O=C(Nc1ccc(O)c(Cl)c1)c1cc(Cl)cn1C1CC1. The molecule has 1 fully saturated rings. The topological polar surface area (TPSA) is 54.3 Å². The number of carbonyl (C=O) groups excluding carboxylic acids is 1. The predicted molar refractivity (Wildman–Crippen MR) is 78.8 cm³/mol. The molecular formula is C14H12Cl2N2O2. The molecule has 2 aromatic rings. The van der Waals surface area contributed by atoms with Crippen molar-refractivity contribution in [3.63, 3.8) is 0 Å². The number of rotatable bonds is 3. The zero-order valence-electron chi connectivity index (χ0n) is 10.4. The summed E-state index contributed by atoms with van der Waals surface area (Å²) in [6, 6.07) is 6.54. The van der Waals surface area contributed by atoms with Crippen molar-refractivity contribution in [3.05, 3.63) is 46.2 Å². The van der Waals surface area contributed by atoms with Crippen LogP contribution in [0, 0.1) is 0 Å². The van der Waals surface area contributed by atoms with E-state index in [-0.39, 0.29) is 16.7 Å². The number of hydrogen-bond donors (Lipinski definition) is 2. The zero-order valence-corrected chi connectivity index (χ0v) is 11.9. The Morgan fingerprint density at radius 3 is 2.70 bits per heavy atom. The first kappa shape index (κ1) is 13.3. The summed E-state index contributed by atoms with van der Waals surface area (Å²) in [6.45, 7) is 0. The van der Waals surface area contributed by atoms with Crippen molar-refractivity contribution in [2.75, 3.05) is 5.32 Å². The molecule has 20 heavy (non-hydrogen) atoms. The lowest BCUT2D eigenvalue weighted by Crippen LogP contribution is -2.16. The molecule has 4 nitrogen and oxygen atoms in total.